The van der Waals surface area contributed by atoms with Crippen molar-refractivity contribution in [1.29, 1.82) is 0 Å². The molecule has 17 heavy (non-hydrogen) atoms. The molecule has 1 rings (SSSR count). The van der Waals surface area contributed by atoms with Crippen LogP contribution in [-0.2, 0) is 14.4 Å². The molecule has 1 heterocycles. The number of hydrogen-bond acceptors (Lipinski definition) is 8. The van der Waals surface area contributed by atoms with Gasteiger partial charge in [-0.3, -0.25) is 9.63 Å². The van der Waals surface area contributed by atoms with Gasteiger partial charge in [0.05, 0.1) is 6.10 Å². The highest BCUT2D eigenvalue weighted by Gasteiger charge is 2.11. The summed E-state index contributed by atoms with van der Waals surface area (Å²) in [5.74, 6) is 0. The SMILES string of the molecule is CC(C)OC(=O)ON=C([C]=O)c1csc(N)n1. The summed E-state index contributed by atoms with van der Waals surface area (Å²) in [4.78, 5) is 29.7. The predicted molar refractivity (Wildman–Crippen MR) is 61.5 cm³/mol. The highest BCUT2D eigenvalue weighted by molar-refractivity contribution is 7.13. The van der Waals surface area contributed by atoms with Crippen LogP contribution in [0.1, 0.15) is 19.5 Å². The van der Waals surface area contributed by atoms with Crippen molar-refractivity contribution >= 4 is 34.6 Å². The lowest BCUT2D eigenvalue weighted by molar-refractivity contribution is 0.0364. The number of oxime groups is 1. The molecule has 91 valence electrons. The fourth-order valence-corrected chi connectivity index (χ4v) is 1.36. The zero-order valence-corrected chi connectivity index (χ0v) is 9.98. The zero-order valence-electron chi connectivity index (χ0n) is 9.17. The lowest BCUT2D eigenvalue weighted by Gasteiger charge is -2.04. The number of aromatic nitrogens is 1. The summed E-state index contributed by atoms with van der Waals surface area (Å²) in [6, 6.07) is 0. The maximum atomic E-state index is 11.0. The number of carbonyl (C=O) groups excluding carboxylic acids is 2. The summed E-state index contributed by atoms with van der Waals surface area (Å²) in [5, 5.41) is 5.05. The number of hydrogen-bond donors (Lipinski definition) is 1. The maximum absolute atomic E-state index is 11.0. The van der Waals surface area contributed by atoms with Gasteiger partial charge in [0.1, 0.15) is 5.69 Å². The molecule has 2 N–H and O–H groups in total. The van der Waals surface area contributed by atoms with Crippen molar-refractivity contribution in [3.63, 3.8) is 0 Å². The van der Waals surface area contributed by atoms with Crippen molar-refractivity contribution in [2.24, 2.45) is 5.16 Å². The number of ether oxygens (including phenoxy) is 1. The first-order valence-corrected chi connectivity index (χ1v) is 5.46. The van der Waals surface area contributed by atoms with Crippen molar-refractivity contribution in [1.82, 2.24) is 4.98 Å². The number of nitrogen functional groups attached to an aromatic ring is 1. The molecule has 0 aliphatic carbocycles. The third-order valence-corrected chi connectivity index (χ3v) is 2.08. The fraction of sp³-hybridized carbons (Fsp3) is 0.333. The Balaban J connectivity index is 2.68. The van der Waals surface area contributed by atoms with Gasteiger partial charge in [0.2, 0.25) is 0 Å². The lowest BCUT2D eigenvalue weighted by Crippen LogP contribution is -2.12. The molecule has 0 fully saturated rings. The Bertz CT molecular complexity index is 441. The van der Waals surface area contributed by atoms with Crippen LogP contribution in [0.5, 0.6) is 0 Å². The van der Waals surface area contributed by atoms with Crippen LogP contribution in [0.2, 0.25) is 0 Å². The molecule has 0 saturated carbocycles. The van der Waals surface area contributed by atoms with Crippen LogP contribution in [0.3, 0.4) is 0 Å². The summed E-state index contributed by atoms with van der Waals surface area (Å²) in [7, 11) is 0. The molecular formula is C9H10N3O4S. The molecule has 0 aromatic carbocycles. The lowest BCUT2D eigenvalue weighted by atomic mass is 10.3. The van der Waals surface area contributed by atoms with Gasteiger partial charge < -0.3 is 10.5 Å². The van der Waals surface area contributed by atoms with E-state index < -0.39 is 6.16 Å². The van der Waals surface area contributed by atoms with Crippen LogP contribution in [0.25, 0.3) is 0 Å². The van der Waals surface area contributed by atoms with Crippen molar-refractivity contribution < 1.29 is 19.2 Å². The van der Waals surface area contributed by atoms with Gasteiger partial charge in [0.15, 0.2) is 10.8 Å². The third-order valence-electron chi connectivity index (χ3n) is 1.40. The molecule has 8 heteroatoms. The van der Waals surface area contributed by atoms with Crippen LogP contribution in [0.15, 0.2) is 10.5 Å². The number of carbonyl (C=O) groups is 1. The minimum atomic E-state index is -1.00. The largest absolute Gasteiger partial charge is 0.535 e. The second-order valence-corrected chi connectivity index (χ2v) is 4.01. The van der Waals surface area contributed by atoms with Crippen LogP contribution < -0.4 is 5.73 Å². The number of thiazole rings is 1. The van der Waals surface area contributed by atoms with Crippen LogP contribution in [0.4, 0.5) is 9.93 Å². The zero-order chi connectivity index (χ0) is 12.8. The van der Waals surface area contributed by atoms with Crippen LogP contribution in [0, 0.1) is 0 Å². The van der Waals surface area contributed by atoms with Gasteiger partial charge in [-0.15, -0.1) is 11.3 Å². The van der Waals surface area contributed by atoms with E-state index in [-0.39, 0.29) is 22.6 Å². The average molecular weight is 256 g/mol. The number of nitrogens with zero attached hydrogens (tertiary/aromatic N) is 2. The van der Waals surface area contributed by atoms with Gasteiger partial charge in [0, 0.05) is 5.38 Å². The first kappa shape index (κ1) is 13.1. The van der Waals surface area contributed by atoms with E-state index in [9.17, 15) is 9.59 Å². The smallest absolute Gasteiger partial charge is 0.430 e. The molecule has 0 amide bonds. The van der Waals surface area contributed by atoms with E-state index in [1.165, 1.54) is 11.7 Å². The first-order chi connectivity index (χ1) is 8.02. The molecule has 0 aliphatic rings. The van der Waals surface area contributed by atoms with E-state index in [2.05, 4.69) is 19.7 Å². The van der Waals surface area contributed by atoms with Crippen molar-refractivity contribution in [2.75, 3.05) is 5.73 Å². The van der Waals surface area contributed by atoms with Gasteiger partial charge in [-0.05, 0) is 13.8 Å². The Morgan fingerprint density at radius 2 is 2.35 bits per heavy atom. The van der Waals surface area contributed by atoms with Gasteiger partial charge in [-0.1, -0.05) is 5.16 Å². The van der Waals surface area contributed by atoms with E-state index in [0.717, 1.165) is 11.3 Å². The Kier molecular flexibility index (Phi) is 4.58. The molecule has 0 unspecified atom stereocenters. The van der Waals surface area contributed by atoms with E-state index >= 15 is 0 Å². The second-order valence-electron chi connectivity index (χ2n) is 3.12. The van der Waals surface area contributed by atoms with E-state index in [1.807, 2.05) is 0 Å². The fourth-order valence-electron chi connectivity index (χ4n) is 0.811. The molecule has 1 aromatic heterocycles. The molecule has 1 radical (unpaired) electrons. The standard InChI is InChI=1S/C9H10N3O4S/c1-5(2)15-9(14)16-12-6(3-13)7-4-17-8(10)11-7/h4-5H,1-2H3,(H2,10,11). The quantitative estimate of drug-likeness (QED) is 0.374. The summed E-state index contributed by atoms with van der Waals surface area (Å²) >= 11 is 1.13. The van der Waals surface area contributed by atoms with Crippen LogP contribution in [-0.4, -0.2) is 29.2 Å². The Morgan fingerprint density at radius 3 is 2.82 bits per heavy atom. The highest BCUT2D eigenvalue weighted by atomic mass is 32.1. The van der Waals surface area contributed by atoms with Gasteiger partial charge in [0.25, 0.3) is 6.29 Å². The van der Waals surface area contributed by atoms with Gasteiger partial charge in [-0.2, -0.15) is 0 Å². The monoisotopic (exact) mass is 256 g/mol. The molecular weight excluding hydrogens is 246 g/mol. The highest BCUT2D eigenvalue weighted by Crippen LogP contribution is 2.11. The number of nitrogens with two attached hydrogens (primary N) is 1. The Morgan fingerprint density at radius 1 is 1.65 bits per heavy atom. The van der Waals surface area contributed by atoms with Crippen molar-refractivity contribution in [2.45, 2.75) is 20.0 Å². The molecule has 0 bridgehead atoms. The van der Waals surface area contributed by atoms with Crippen molar-refractivity contribution in [3.8, 4) is 0 Å². The maximum Gasteiger partial charge on any atom is 0.535 e. The minimum absolute atomic E-state index is 0.194. The van der Waals surface area contributed by atoms with E-state index in [1.54, 1.807) is 13.8 Å². The molecule has 1 aromatic rings. The first-order valence-electron chi connectivity index (χ1n) is 4.58. The van der Waals surface area contributed by atoms with E-state index in [0.29, 0.717) is 0 Å². The second kappa shape index (κ2) is 5.94. The topological polar surface area (TPSA) is 104 Å². The van der Waals surface area contributed by atoms with Gasteiger partial charge >= 0.3 is 6.16 Å². The van der Waals surface area contributed by atoms with Crippen LogP contribution >= 0.6 is 11.3 Å². The van der Waals surface area contributed by atoms with E-state index in [4.69, 9.17) is 5.73 Å². The summed E-state index contributed by atoms with van der Waals surface area (Å²) in [6.45, 7) is 3.30. The molecule has 7 nitrogen and oxygen atoms in total. The Hall–Kier alpha value is -1.96. The Labute approximate surface area is 101 Å². The van der Waals surface area contributed by atoms with Crippen molar-refractivity contribution in [3.05, 3.63) is 11.1 Å². The summed E-state index contributed by atoms with van der Waals surface area (Å²) in [6.07, 6.45) is 0.156. The number of rotatable bonds is 4. The molecule has 0 aliphatic heterocycles. The number of anilines is 1. The normalized spacial score (nSPS) is 11.4. The summed E-state index contributed by atoms with van der Waals surface area (Å²) < 4.78 is 4.65. The average Bonchev–Trinajstić information content (AvgIpc) is 2.65. The van der Waals surface area contributed by atoms with Gasteiger partial charge in [-0.25, -0.2) is 9.78 Å². The summed E-state index contributed by atoms with van der Waals surface area (Å²) in [5.41, 5.74) is 5.33. The molecule has 0 saturated heterocycles. The third kappa shape index (κ3) is 4.19. The molecule has 0 spiro atoms. The molecule has 0 atom stereocenters. The minimum Gasteiger partial charge on any atom is -0.430 e. The predicted octanol–water partition coefficient (Wildman–Crippen LogP) is 1.10.